The summed E-state index contributed by atoms with van der Waals surface area (Å²) in [4.78, 5) is 21.8. The van der Waals surface area contributed by atoms with Crippen molar-refractivity contribution in [3.8, 4) is 0 Å². The number of nitrogens with two attached hydrogens (primary N) is 1. The van der Waals surface area contributed by atoms with Crippen molar-refractivity contribution >= 4 is 11.8 Å². The quantitative estimate of drug-likeness (QED) is 0.456. The second-order valence-corrected chi connectivity index (χ2v) is 3.50. The SMILES string of the molecule is NC(=O)COCCNC(=O)C1CCNC1. The van der Waals surface area contributed by atoms with Gasteiger partial charge in [-0.05, 0) is 13.0 Å². The highest BCUT2D eigenvalue weighted by molar-refractivity contribution is 5.79. The minimum absolute atomic E-state index is 0.0441. The van der Waals surface area contributed by atoms with E-state index in [1.165, 1.54) is 0 Å². The summed E-state index contributed by atoms with van der Waals surface area (Å²) in [6, 6.07) is 0. The lowest BCUT2D eigenvalue weighted by Crippen LogP contribution is -2.34. The first-order chi connectivity index (χ1) is 7.20. The van der Waals surface area contributed by atoms with Gasteiger partial charge >= 0.3 is 0 Å². The minimum Gasteiger partial charge on any atom is -0.370 e. The van der Waals surface area contributed by atoms with Crippen LogP contribution in [0, 0.1) is 5.92 Å². The van der Waals surface area contributed by atoms with Crippen LogP contribution in [0.15, 0.2) is 0 Å². The van der Waals surface area contributed by atoms with Crippen molar-refractivity contribution in [2.75, 3.05) is 32.8 Å². The Kier molecular flexibility index (Phi) is 5.06. The molecule has 86 valence electrons. The molecule has 1 atom stereocenters. The Morgan fingerprint density at radius 3 is 2.93 bits per heavy atom. The van der Waals surface area contributed by atoms with Gasteiger partial charge in [-0.3, -0.25) is 9.59 Å². The highest BCUT2D eigenvalue weighted by Crippen LogP contribution is 2.06. The monoisotopic (exact) mass is 215 g/mol. The van der Waals surface area contributed by atoms with Crippen LogP contribution < -0.4 is 16.4 Å². The molecular formula is C9H17N3O3. The zero-order chi connectivity index (χ0) is 11.1. The van der Waals surface area contributed by atoms with E-state index in [0.29, 0.717) is 13.2 Å². The molecule has 1 heterocycles. The highest BCUT2D eigenvalue weighted by atomic mass is 16.5. The molecule has 1 unspecified atom stereocenters. The molecule has 2 amide bonds. The summed E-state index contributed by atoms with van der Waals surface area (Å²) >= 11 is 0. The van der Waals surface area contributed by atoms with Gasteiger partial charge in [0.2, 0.25) is 11.8 Å². The third-order valence-electron chi connectivity index (χ3n) is 2.22. The normalized spacial score (nSPS) is 20.1. The van der Waals surface area contributed by atoms with Crippen LogP contribution in [0.1, 0.15) is 6.42 Å². The van der Waals surface area contributed by atoms with Gasteiger partial charge in [-0.1, -0.05) is 0 Å². The second kappa shape index (κ2) is 6.36. The molecule has 6 heteroatoms. The Morgan fingerprint density at radius 2 is 2.33 bits per heavy atom. The largest absolute Gasteiger partial charge is 0.370 e. The van der Waals surface area contributed by atoms with Crippen molar-refractivity contribution in [1.82, 2.24) is 10.6 Å². The molecule has 1 rings (SSSR count). The van der Waals surface area contributed by atoms with Gasteiger partial charge in [-0.25, -0.2) is 0 Å². The van der Waals surface area contributed by atoms with Crippen LogP contribution in [0.4, 0.5) is 0 Å². The fourth-order valence-corrected chi connectivity index (χ4v) is 1.44. The zero-order valence-corrected chi connectivity index (χ0v) is 8.62. The molecule has 15 heavy (non-hydrogen) atoms. The molecule has 6 nitrogen and oxygen atoms in total. The molecule has 0 bridgehead atoms. The smallest absolute Gasteiger partial charge is 0.243 e. The number of hydrogen-bond acceptors (Lipinski definition) is 4. The van der Waals surface area contributed by atoms with E-state index in [2.05, 4.69) is 10.6 Å². The number of ether oxygens (including phenoxy) is 1. The van der Waals surface area contributed by atoms with E-state index in [0.717, 1.165) is 19.5 Å². The Labute approximate surface area is 88.5 Å². The molecule has 0 spiro atoms. The van der Waals surface area contributed by atoms with Crippen LogP contribution in [0.3, 0.4) is 0 Å². The van der Waals surface area contributed by atoms with E-state index in [4.69, 9.17) is 10.5 Å². The second-order valence-electron chi connectivity index (χ2n) is 3.50. The fraction of sp³-hybridized carbons (Fsp3) is 0.778. The topological polar surface area (TPSA) is 93.5 Å². The summed E-state index contributed by atoms with van der Waals surface area (Å²) in [5.41, 5.74) is 4.87. The molecule has 0 saturated carbocycles. The third kappa shape index (κ3) is 4.75. The zero-order valence-electron chi connectivity index (χ0n) is 8.62. The molecule has 1 fully saturated rings. The molecule has 4 N–H and O–H groups in total. The van der Waals surface area contributed by atoms with Crippen molar-refractivity contribution in [3.05, 3.63) is 0 Å². The van der Waals surface area contributed by atoms with Gasteiger partial charge in [-0.15, -0.1) is 0 Å². The number of carbonyl (C=O) groups is 2. The van der Waals surface area contributed by atoms with Crippen LogP contribution in [0.25, 0.3) is 0 Å². The first kappa shape index (κ1) is 11.9. The van der Waals surface area contributed by atoms with Gasteiger partial charge in [0.05, 0.1) is 12.5 Å². The van der Waals surface area contributed by atoms with E-state index < -0.39 is 5.91 Å². The average molecular weight is 215 g/mol. The number of nitrogens with one attached hydrogen (secondary N) is 2. The lowest BCUT2D eigenvalue weighted by Gasteiger charge is -2.09. The number of carbonyl (C=O) groups excluding carboxylic acids is 2. The summed E-state index contributed by atoms with van der Waals surface area (Å²) in [5.74, 6) is -0.384. The van der Waals surface area contributed by atoms with Crippen LogP contribution in [-0.2, 0) is 14.3 Å². The molecule has 0 aliphatic carbocycles. The molecule has 1 aliphatic rings. The van der Waals surface area contributed by atoms with Crippen molar-refractivity contribution in [1.29, 1.82) is 0 Å². The number of rotatable bonds is 6. The maximum atomic E-state index is 11.4. The Hall–Kier alpha value is -1.14. The Balaban J connectivity index is 1.99. The first-order valence-electron chi connectivity index (χ1n) is 5.04. The van der Waals surface area contributed by atoms with Crippen LogP contribution >= 0.6 is 0 Å². The molecule has 1 aliphatic heterocycles. The standard InChI is InChI=1S/C9H17N3O3/c10-8(13)6-15-4-3-12-9(14)7-1-2-11-5-7/h7,11H,1-6H2,(H2,10,13)(H,12,14). The Bertz CT molecular complexity index is 227. The van der Waals surface area contributed by atoms with Gasteiger partial charge < -0.3 is 21.1 Å². The summed E-state index contributed by atoms with van der Waals surface area (Å²) in [6.07, 6.45) is 0.883. The van der Waals surface area contributed by atoms with E-state index in [9.17, 15) is 9.59 Å². The average Bonchev–Trinajstić information content (AvgIpc) is 2.69. The number of primary amides is 1. The van der Waals surface area contributed by atoms with Crippen LogP contribution in [0.2, 0.25) is 0 Å². The summed E-state index contributed by atoms with van der Waals surface area (Å²) < 4.78 is 4.90. The maximum absolute atomic E-state index is 11.4. The van der Waals surface area contributed by atoms with Gasteiger partial charge in [0.15, 0.2) is 0 Å². The van der Waals surface area contributed by atoms with E-state index in [1.807, 2.05) is 0 Å². The van der Waals surface area contributed by atoms with E-state index in [1.54, 1.807) is 0 Å². The highest BCUT2D eigenvalue weighted by Gasteiger charge is 2.21. The number of amides is 2. The molecule has 1 saturated heterocycles. The Morgan fingerprint density at radius 1 is 1.53 bits per heavy atom. The summed E-state index contributed by atoms with van der Waals surface area (Å²) in [5, 5.41) is 5.86. The molecule has 0 aromatic carbocycles. The first-order valence-corrected chi connectivity index (χ1v) is 5.04. The van der Waals surface area contributed by atoms with Crippen molar-refractivity contribution in [2.24, 2.45) is 11.7 Å². The molecule has 0 aromatic rings. The summed E-state index contributed by atoms with van der Waals surface area (Å²) in [7, 11) is 0. The predicted octanol–water partition coefficient (Wildman–Crippen LogP) is -1.79. The molecular weight excluding hydrogens is 198 g/mol. The van der Waals surface area contributed by atoms with E-state index >= 15 is 0 Å². The van der Waals surface area contributed by atoms with Gasteiger partial charge in [-0.2, -0.15) is 0 Å². The fourth-order valence-electron chi connectivity index (χ4n) is 1.44. The lowest BCUT2D eigenvalue weighted by atomic mass is 10.1. The summed E-state index contributed by atoms with van der Waals surface area (Å²) in [6.45, 7) is 2.28. The predicted molar refractivity (Wildman–Crippen MR) is 54.0 cm³/mol. The van der Waals surface area contributed by atoms with Crippen molar-refractivity contribution < 1.29 is 14.3 Å². The van der Waals surface area contributed by atoms with Gasteiger partial charge in [0, 0.05) is 13.1 Å². The lowest BCUT2D eigenvalue weighted by molar-refractivity contribution is -0.124. The molecule has 0 aromatic heterocycles. The maximum Gasteiger partial charge on any atom is 0.243 e. The van der Waals surface area contributed by atoms with Crippen molar-refractivity contribution in [2.45, 2.75) is 6.42 Å². The third-order valence-corrected chi connectivity index (χ3v) is 2.22. The van der Waals surface area contributed by atoms with Gasteiger partial charge in [0.25, 0.3) is 0 Å². The minimum atomic E-state index is -0.499. The van der Waals surface area contributed by atoms with E-state index in [-0.39, 0.29) is 18.4 Å². The van der Waals surface area contributed by atoms with Gasteiger partial charge in [0.1, 0.15) is 6.61 Å². The number of hydrogen-bond donors (Lipinski definition) is 3. The van der Waals surface area contributed by atoms with Crippen LogP contribution in [0.5, 0.6) is 0 Å². The molecule has 0 radical (unpaired) electrons. The van der Waals surface area contributed by atoms with Crippen molar-refractivity contribution in [3.63, 3.8) is 0 Å². The van der Waals surface area contributed by atoms with Crippen LogP contribution in [-0.4, -0.2) is 44.7 Å².